The van der Waals surface area contributed by atoms with E-state index in [9.17, 15) is 4.79 Å². The van der Waals surface area contributed by atoms with Gasteiger partial charge in [-0.05, 0) is 35.4 Å². The molecule has 0 saturated heterocycles. The largest absolute Gasteiger partial charge is 0.497 e. The minimum absolute atomic E-state index is 0.233. The molecule has 0 aliphatic heterocycles. The monoisotopic (exact) mass is 325 g/mol. The second-order valence-electron chi connectivity index (χ2n) is 4.90. The Bertz CT molecular complexity index is 894. The molecule has 23 heavy (non-hydrogen) atoms. The zero-order valence-electron chi connectivity index (χ0n) is 12.4. The van der Waals surface area contributed by atoms with Gasteiger partial charge in [-0.15, -0.1) is 11.3 Å². The molecule has 0 saturated carbocycles. The number of ether oxygens (including phenoxy) is 1. The molecule has 0 atom stereocenters. The van der Waals surface area contributed by atoms with Crippen LogP contribution in [0.15, 0.2) is 53.5 Å². The summed E-state index contributed by atoms with van der Waals surface area (Å²) in [5.74, 6) is 0.143. The van der Waals surface area contributed by atoms with Crippen LogP contribution in [0.2, 0.25) is 0 Å². The summed E-state index contributed by atoms with van der Waals surface area (Å²) < 4.78 is 6.19. The van der Waals surface area contributed by atoms with E-state index >= 15 is 0 Å². The highest BCUT2D eigenvalue weighted by Gasteiger charge is 2.13. The molecule has 0 radical (unpaired) electrons. The molecular formula is C17H15N3O2S. The summed E-state index contributed by atoms with van der Waals surface area (Å²) in [4.78, 5) is 16.1. The van der Waals surface area contributed by atoms with Gasteiger partial charge in [0.2, 0.25) is 0 Å². The number of carbonyl (C=O) groups is 1. The third-order valence-corrected chi connectivity index (χ3v) is 4.49. The lowest BCUT2D eigenvalue weighted by atomic mass is 10.0. The number of nitrogens with two attached hydrogens (primary N) is 2. The molecule has 1 heterocycles. The van der Waals surface area contributed by atoms with Crippen LogP contribution in [-0.4, -0.2) is 19.0 Å². The summed E-state index contributed by atoms with van der Waals surface area (Å²) in [7, 11) is 1.64. The summed E-state index contributed by atoms with van der Waals surface area (Å²) in [6.07, 6.45) is 0. The maximum atomic E-state index is 12.0. The van der Waals surface area contributed by atoms with Crippen molar-refractivity contribution in [3.05, 3.63) is 53.4 Å². The molecular weight excluding hydrogens is 310 g/mol. The molecule has 0 aliphatic carbocycles. The van der Waals surface area contributed by atoms with Gasteiger partial charge in [0.1, 0.15) is 5.75 Å². The van der Waals surface area contributed by atoms with Crippen molar-refractivity contribution in [2.75, 3.05) is 7.11 Å². The molecule has 0 unspecified atom stereocenters. The van der Waals surface area contributed by atoms with Crippen LogP contribution in [0.5, 0.6) is 5.75 Å². The zero-order valence-corrected chi connectivity index (χ0v) is 13.3. The number of carbonyl (C=O) groups excluding carboxylic acids is 1. The lowest BCUT2D eigenvalue weighted by Crippen LogP contribution is -2.24. The van der Waals surface area contributed by atoms with Gasteiger partial charge in [0.15, 0.2) is 5.96 Å². The molecule has 1 amide bonds. The van der Waals surface area contributed by atoms with Gasteiger partial charge in [0.25, 0.3) is 5.91 Å². The number of guanidine groups is 1. The van der Waals surface area contributed by atoms with Gasteiger partial charge in [-0.25, -0.2) is 0 Å². The average molecular weight is 325 g/mol. The van der Waals surface area contributed by atoms with Crippen molar-refractivity contribution in [2.24, 2.45) is 16.5 Å². The number of hydrogen-bond donors (Lipinski definition) is 2. The van der Waals surface area contributed by atoms with Gasteiger partial charge in [-0.3, -0.25) is 4.79 Å². The number of hydrogen-bond acceptors (Lipinski definition) is 3. The number of methoxy groups -OCH3 is 1. The van der Waals surface area contributed by atoms with E-state index < -0.39 is 5.91 Å². The predicted octanol–water partition coefficient (Wildman–Crippen LogP) is 2.99. The van der Waals surface area contributed by atoms with E-state index in [-0.39, 0.29) is 5.96 Å². The lowest BCUT2D eigenvalue weighted by molar-refractivity contribution is 0.101. The Kier molecular flexibility index (Phi) is 3.99. The maximum absolute atomic E-state index is 12.0. The summed E-state index contributed by atoms with van der Waals surface area (Å²) in [6.45, 7) is 0. The molecule has 0 fully saturated rings. The highest BCUT2D eigenvalue weighted by Crippen LogP contribution is 2.35. The van der Waals surface area contributed by atoms with Gasteiger partial charge < -0.3 is 16.2 Å². The van der Waals surface area contributed by atoms with Crippen molar-refractivity contribution in [1.29, 1.82) is 0 Å². The van der Waals surface area contributed by atoms with Crippen LogP contribution in [0.4, 0.5) is 0 Å². The molecule has 0 aliphatic rings. The van der Waals surface area contributed by atoms with Crippen molar-refractivity contribution in [2.45, 2.75) is 0 Å². The van der Waals surface area contributed by atoms with Gasteiger partial charge in [-0.1, -0.05) is 24.3 Å². The number of amides is 1. The first-order valence-electron chi connectivity index (χ1n) is 6.89. The first-order chi connectivity index (χ1) is 11.1. The SMILES string of the molecule is COc1ccc(-c2cccc3sc(C(=O)N=C(N)N)cc23)cc1. The van der Waals surface area contributed by atoms with Crippen LogP contribution < -0.4 is 16.2 Å². The molecule has 4 N–H and O–H groups in total. The van der Waals surface area contributed by atoms with Crippen molar-refractivity contribution in [1.82, 2.24) is 0 Å². The number of fused-ring (bicyclic) bond motifs is 1. The predicted molar refractivity (Wildman–Crippen MR) is 94.0 cm³/mol. The summed E-state index contributed by atoms with van der Waals surface area (Å²) >= 11 is 1.37. The van der Waals surface area contributed by atoms with Crippen molar-refractivity contribution in [3.63, 3.8) is 0 Å². The fraction of sp³-hybridized carbons (Fsp3) is 0.0588. The fourth-order valence-electron chi connectivity index (χ4n) is 2.36. The van der Waals surface area contributed by atoms with E-state index in [4.69, 9.17) is 16.2 Å². The van der Waals surface area contributed by atoms with Gasteiger partial charge in [-0.2, -0.15) is 4.99 Å². The topological polar surface area (TPSA) is 90.7 Å². The van der Waals surface area contributed by atoms with Crippen molar-refractivity contribution in [3.8, 4) is 16.9 Å². The Morgan fingerprint density at radius 1 is 1.13 bits per heavy atom. The van der Waals surface area contributed by atoms with Crippen LogP contribution in [0.3, 0.4) is 0 Å². The number of benzene rings is 2. The Labute approximate surface area is 137 Å². The second kappa shape index (κ2) is 6.10. The van der Waals surface area contributed by atoms with E-state index in [0.717, 1.165) is 27.0 Å². The van der Waals surface area contributed by atoms with Crippen LogP contribution in [0, 0.1) is 0 Å². The van der Waals surface area contributed by atoms with Crippen LogP contribution in [0.25, 0.3) is 21.2 Å². The van der Waals surface area contributed by atoms with Gasteiger partial charge in [0, 0.05) is 10.1 Å². The first-order valence-corrected chi connectivity index (χ1v) is 7.71. The molecule has 3 aromatic rings. The maximum Gasteiger partial charge on any atom is 0.290 e. The van der Waals surface area contributed by atoms with E-state index in [1.165, 1.54) is 11.3 Å². The molecule has 116 valence electrons. The molecule has 0 bridgehead atoms. The molecule has 6 heteroatoms. The molecule has 3 rings (SSSR count). The standard InChI is InChI=1S/C17H15N3O2S/c1-22-11-7-5-10(6-8-11)12-3-2-4-14-13(12)9-15(23-14)16(21)20-17(18)19/h2-9H,1H3,(H4,18,19,20,21). The summed E-state index contributed by atoms with van der Waals surface area (Å²) in [5.41, 5.74) is 12.6. The van der Waals surface area contributed by atoms with Crippen LogP contribution >= 0.6 is 11.3 Å². The molecule has 0 spiro atoms. The van der Waals surface area contributed by atoms with Crippen LogP contribution in [0.1, 0.15) is 9.67 Å². The third-order valence-electron chi connectivity index (χ3n) is 3.40. The first kappa shape index (κ1) is 15.1. The number of rotatable bonds is 3. The highest BCUT2D eigenvalue weighted by atomic mass is 32.1. The number of nitrogens with zero attached hydrogens (tertiary/aromatic N) is 1. The van der Waals surface area contributed by atoms with Crippen molar-refractivity contribution < 1.29 is 9.53 Å². The van der Waals surface area contributed by atoms with E-state index in [0.29, 0.717) is 4.88 Å². The quantitative estimate of drug-likeness (QED) is 0.572. The highest BCUT2D eigenvalue weighted by molar-refractivity contribution is 7.20. The fourth-order valence-corrected chi connectivity index (χ4v) is 3.33. The third kappa shape index (κ3) is 3.02. The van der Waals surface area contributed by atoms with Gasteiger partial charge in [0.05, 0.1) is 12.0 Å². The van der Waals surface area contributed by atoms with E-state index in [1.807, 2.05) is 48.5 Å². The molecule has 5 nitrogen and oxygen atoms in total. The van der Waals surface area contributed by atoms with Crippen molar-refractivity contribution >= 4 is 33.3 Å². The summed E-state index contributed by atoms with van der Waals surface area (Å²) in [5, 5.41) is 0.997. The minimum atomic E-state index is -0.424. The Morgan fingerprint density at radius 2 is 1.87 bits per heavy atom. The molecule has 1 aromatic heterocycles. The van der Waals surface area contributed by atoms with E-state index in [1.54, 1.807) is 7.11 Å². The minimum Gasteiger partial charge on any atom is -0.497 e. The van der Waals surface area contributed by atoms with Gasteiger partial charge >= 0.3 is 0 Å². The lowest BCUT2D eigenvalue weighted by Gasteiger charge is -2.05. The van der Waals surface area contributed by atoms with E-state index in [2.05, 4.69) is 4.99 Å². The molecule has 2 aromatic carbocycles. The second-order valence-corrected chi connectivity index (χ2v) is 5.98. The normalized spacial score (nSPS) is 10.5. The Balaban J connectivity index is 2.09. The smallest absolute Gasteiger partial charge is 0.290 e. The Morgan fingerprint density at radius 3 is 2.52 bits per heavy atom. The zero-order chi connectivity index (χ0) is 16.4. The van der Waals surface area contributed by atoms with Crippen LogP contribution in [-0.2, 0) is 0 Å². The number of thiophene rings is 1. The number of aliphatic imine (C=N–C) groups is 1. The Hall–Kier alpha value is -2.86. The average Bonchev–Trinajstić information content (AvgIpc) is 2.98. The summed E-state index contributed by atoms with van der Waals surface area (Å²) in [6, 6.07) is 15.6.